The number of anilines is 1. The van der Waals surface area contributed by atoms with E-state index in [0.717, 1.165) is 11.3 Å². The Bertz CT molecular complexity index is 1260. The number of hydrogen-bond acceptors (Lipinski definition) is 9. The number of rotatable bonds is 11. The second-order valence-corrected chi connectivity index (χ2v) is 9.33. The number of methoxy groups -OCH3 is 1. The van der Waals surface area contributed by atoms with Crippen LogP contribution in [0.2, 0.25) is 5.02 Å². The quantitative estimate of drug-likeness (QED) is 0.239. The van der Waals surface area contributed by atoms with Crippen molar-refractivity contribution in [2.75, 3.05) is 32.2 Å². The van der Waals surface area contributed by atoms with Crippen LogP contribution in [0.1, 0.15) is 35.7 Å². The lowest BCUT2D eigenvalue weighted by molar-refractivity contribution is -0.142. The molecule has 0 aliphatic carbocycles. The molecule has 0 radical (unpaired) electrons. The fourth-order valence-electron chi connectivity index (χ4n) is 3.14. The first-order valence-electron chi connectivity index (χ1n) is 11.5. The SMILES string of the molecule is CCCCOC(=O)c1cc(NC(=O)CN2C(=O)S/C(=C\c3ccc(OCC(=O)OC)cc3)C2=O)ccc1Cl. The number of carbonyl (C=O) groups is 5. The maximum Gasteiger partial charge on any atom is 0.343 e. The number of hydrogen-bond donors (Lipinski definition) is 1. The molecule has 3 rings (SSSR count). The number of benzene rings is 2. The summed E-state index contributed by atoms with van der Waals surface area (Å²) in [6.07, 6.45) is 3.09. The number of nitrogens with one attached hydrogen (secondary N) is 1. The highest BCUT2D eigenvalue weighted by atomic mass is 35.5. The second-order valence-electron chi connectivity index (χ2n) is 7.93. The lowest BCUT2D eigenvalue weighted by atomic mass is 10.2. The normalized spacial score (nSPS) is 14.0. The van der Waals surface area contributed by atoms with Crippen LogP contribution in [0, 0.1) is 0 Å². The van der Waals surface area contributed by atoms with Gasteiger partial charge in [0.2, 0.25) is 5.91 Å². The number of thioether (sulfide) groups is 1. The van der Waals surface area contributed by atoms with Crippen LogP contribution in [0.3, 0.4) is 0 Å². The number of imide groups is 1. The fourth-order valence-corrected chi connectivity index (χ4v) is 4.17. The van der Waals surface area contributed by atoms with Crippen LogP contribution in [0.4, 0.5) is 10.5 Å². The van der Waals surface area contributed by atoms with Crippen molar-refractivity contribution in [3.8, 4) is 5.75 Å². The minimum Gasteiger partial charge on any atom is -0.482 e. The maximum absolute atomic E-state index is 12.8. The fraction of sp³-hybridized carbons (Fsp3) is 0.269. The highest BCUT2D eigenvalue weighted by Crippen LogP contribution is 2.32. The first-order chi connectivity index (χ1) is 18.2. The molecular formula is C26H25ClN2O8S. The Balaban J connectivity index is 1.61. The molecule has 12 heteroatoms. The molecule has 3 amide bonds. The molecular weight excluding hydrogens is 536 g/mol. The summed E-state index contributed by atoms with van der Waals surface area (Å²) in [5, 5.41) is 2.15. The van der Waals surface area contributed by atoms with Crippen molar-refractivity contribution in [3.63, 3.8) is 0 Å². The van der Waals surface area contributed by atoms with E-state index in [2.05, 4.69) is 10.1 Å². The summed E-state index contributed by atoms with van der Waals surface area (Å²) in [7, 11) is 1.26. The summed E-state index contributed by atoms with van der Waals surface area (Å²) in [5.41, 5.74) is 0.972. The molecule has 38 heavy (non-hydrogen) atoms. The van der Waals surface area contributed by atoms with Crippen molar-refractivity contribution >= 4 is 64.1 Å². The molecule has 0 spiro atoms. The topological polar surface area (TPSA) is 128 Å². The molecule has 1 heterocycles. The number of ether oxygens (including phenoxy) is 3. The van der Waals surface area contributed by atoms with Crippen molar-refractivity contribution in [2.45, 2.75) is 19.8 Å². The first kappa shape index (κ1) is 28.7. The van der Waals surface area contributed by atoms with Gasteiger partial charge in [-0.1, -0.05) is 37.1 Å². The van der Waals surface area contributed by atoms with Crippen LogP contribution in [0.25, 0.3) is 6.08 Å². The highest BCUT2D eigenvalue weighted by molar-refractivity contribution is 8.18. The van der Waals surface area contributed by atoms with Gasteiger partial charge in [-0.05, 0) is 60.2 Å². The molecule has 1 saturated heterocycles. The van der Waals surface area contributed by atoms with Gasteiger partial charge < -0.3 is 19.5 Å². The van der Waals surface area contributed by atoms with Crippen molar-refractivity contribution in [1.82, 2.24) is 4.90 Å². The molecule has 10 nitrogen and oxygen atoms in total. The van der Waals surface area contributed by atoms with E-state index in [4.69, 9.17) is 21.1 Å². The Hall–Kier alpha value is -3.83. The van der Waals surface area contributed by atoms with Gasteiger partial charge in [0.25, 0.3) is 11.1 Å². The largest absolute Gasteiger partial charge is 0.482 e. The molecule has 0 bridgehead atoms. The number of amides is 3. The van der Waals surface area contributed by atoms with Crippen molar-refractivity contribution in [3.05, 3.63) is 63.5 Å². The van der Waals surface area contributed by atoms with E-state index in [-0.39, 0.29) is 34.4 Å². The molecule has 0 atom stereocenters. The lowest BCUT2D eigenvalue weighted by Gasteiger charge is -2.13. The third-order valence-corrected chi connectivity index (χ3v) is 6.38. The smallest absolute Gasteiger partial charge is 0.343 e. The average molecular weight is 561 g/mol. The second kappa shape index (κ2) is 13.6. The molecule has 1 fully saturated rings. The van der Waals surface area contributed by atoms with E-state index in [0.29, 0.717) is 29.5 Å². The third kappa shape index (κ3) is 7.83. The molecule has 1 aliphatic rings. The van der Waals surface area contributed by atoms with Crippen molar-refractivity contribution < 1.29 is 38.2 Å². The average Bonchev–Trinajstić information content (AvgIpc) is 3.16. The zero-order valence-corrected chi connectivity index (χ0v) is 22.2. The van der Waals surface area contributed by atoms with Gasteiger partial charge in [0.15, 0.2) is 6.61 Å². The molecule has 200 valence electrons. The third-order valence-electron chi connectivity index (χ3n) is 5.14. The van der Waals surface area contributed by atoms with Crippen LogP contribution >= 0.6 is 23.4 Å². The molecule has 0 saturated carbocycles. The Morgan fingerprint density at radius 3 is 2.53 bits per heavy atom. The van der Waals surface area contributed by atoms with E-state index in [1.807, 2.05) is 6.92 Å². The molecule has 1 aliphatic heterocycles. The van der Waals surface area contributed by atoms with E-state index >= 15 is 0 Å². The standard InChI is InChI=1S/C26H25ClN2O8S/c1-3-4-11-36-25(33)19-13-17(7-10-20(19)27)28-22(30)14-29-24(32)21(38-26(29)34)12-16-5-8-18(9-6-16)37-15-23(31)35-2/h5-10,12-13H,3-4,11,14-15H2,1-2H3,(H,28,30)/b21-12-. The van der Waals surface area contributed by atoms with Crippen LogP contribution in [-0.2, 0) is 23.9 Å². The van der Waals surface area contributed by atoms with E-state index in [1.165, 1.54) is 31.4 Å². The molecule has 2 aromatic rings. The van der Waals surface area contributed by atoms with E-state index in [9.17, 15) is 24.0 Å². The van der Waals surface area contributed by atoms with Gasteiger partial charge in [-0.15, -0.1) is 0 Å². The van der Waals surface area contributed by atoms with Gasteiger partial charge >= 0.3 is 11.9 Å². The first-order valence-corrected chi connectivity index (χ1v) is 12.7. The summed E-state index contributed by atoms with van der Waals surface area (Å²) >= 11 is 6.81. The predicted octanol–water partition coefficient (Wildman–Crippen LogP) is 4.52. The molecule has 0 unspecified atom stereocenters. The Morgan fingerprint density at radius 1 is 1.11 bits per heavy atom. The maximum atomic E-state index is 12.8. The molecule has 1 N–H and O–H groups in total. The van der Waals surface area contributed by atoms with Gasteiger partial charge in [0, 0.05) is 5.69 Å². The summed E-state index contributed by atoms with van der Waals surface area (Å²) < 4.78 is 15.0. The monoisotopic (exact) mass is 560 g/mol. The summed E-state index contributed by atoms with van der Waals surface area (Å²) in [5.74, 6) is -1.95. The Labute approximate surface area is 228 Å². The predicted molar refractivity (Wildman–Crippen MR) is 142 cm³/mol. The van der Waals surface area contributed by atoms with Gasteiger partial charge in [-0.2, -0.15) is 0 Å². The highest BCUT2D eigenvalue weighted by Gasteiger charge is 2.36. The van der Waals surface area contributed by atoms with Gasteiger partial charge in [-0.25, -0.2) is 9.59 Å². The van der Waals surface area contributed by atoms with Crippen LogP contribution in [0.5, 0.6) is 5.75 Å². The van der Waals surface area contributed by atoms with Gasteiger partial charge in [-0.3, -0.25) is 19.3 Å². The van der Waals surface area contributed by atoms with Crippen LogP contribution in [0.15, 0.2) is 47.4 Å². The van der Waals surface area contributed by atoms with Crippen LogP contribution < -0.4 is 10.1 Å². The Kier molecular flexibility index (Phi) is 10.3. The van der Waals surface area contributed by atoms with Gasteiger partial charge in [0.05, 0.1) is 29.2 Å². The zero-order valence-electron chi connectivity index (χ0n) is 20.7. The Morgan fingerprint density at radius 2 is 1.84 bits per heavy atom. The van der Waals surface area contributed by atoms with E-state index < -0.39 is 35.5 Å². The number of esters is 2. The van der Waals surface area contributed by atoms with Gasteiger partial charge in [0.1, 0.15) is 12.3 Å². The summed E-state index contributed by atoms with van der Waals surface area (Å²) in [6.45, 7) is 1.47. The summed E-state index contributed by atoms with van der Waals surface area (Å²) in [4.78, 5) is 62.2. The number of unbranched alkanes of at least 4 members (excludes halogenated alkanes) is 1. The molecule has 2 aromatic carbocycles. The number of halogens is 1. The number of nitrogens with zero attached hydrogens (tertiary/aromatic N) is 1. The van der Waals surface area contributed by atoms with Crippen molar-refractivity contribution in [1.29, 1.82) is 0 Å². The number of carbonyl (C=O) groups excluding carboxylic acids is 5. The van der Waals surface area contributed by atoms with Crippen LogP contribution in [-0.4, -0.2) is 60.8 Å². The minimum atomic E-state index is -0.631. The molecule has 0 aromatic heterocycles. The zero-order chi connectivity index (χ0) is 27.7. The lowest BCUT2D eigenvalue weighted by Crippen LogP contribution is -2.36. The van der Waals surface area contributed by atoms with Crippen molar-refractivity contribution in [2.24, 2.45) is 0 Å². The minimum absolute atomic E-state index is 0.0939. The van der Waals surface area contributed by atoms with E-state index in [1.54, 1.807) is 24.3 Å². The summed E-state index contributed by atoms with van der Waals surface area (Å²) in [6, 6.07) is 10.8.